The van der Waals surface area contributed by atoms with Crippen LogP contribution in [0.15, 0.2) is 12.2 Å². The first-order valence-corrected chi connectivity index (χ1v) is 8.64. The number of hydrogen-bond donors (Lipinski definition) is 1. The number of carboxylic acid groups (broad SMARTS) is 1. The summed E-state index contributed by atoms with van der Waals surface area (Å²) in [7, 11) is 0. The van der Waals surface area contributed by atoms with Crippen LogP contribution in [0, 0.1) is 0 Å². The molecule has 0 fully saturated rings. The largest absolute Gasteiger partial charge is 0.481 e. The predicted octanol–water partition coefficient (Wildman–Crippen LogP) is 6.11. The Morgan fingerprint density at radius 1 is 0.762 bits per heavy atom. The molecule has 0 atom stereocenters. The van der Waals surface area contributed by atoms with E-state index < -0.39 is 5.97 Å². The molecular formula is C18H34O2Ti. The molecule has 0 aliphatic carbocycles. The monoisotopic (exact) mass is 330 g/mol. The van der Waals surface area contributed by atoms with Gasteiger partial charge in [-0.15, -0.1) is 0 Å². The van der Waals surface area contributed by atoms with E-state index in [9.17, 15) is 4.79 Å². The third-order valence-electron chi connectivity index (χ3n) is 3.65. The summed E-state index contributed by atoms with van der Waals surface area (Å²) in [4.78, 5) is 10.3. The maximum absolute atomic E-state index is 10.3. The van der Waals surface area contributed by atoms with Crippen LogP contribution in [0.1, 0.15) is 96.8 Å². The van der Waals surface area contributed by atoms with Gasteiger partial charge in [-0.1, -0.05) is 70.4 Å². The number of unbranched alkanes of at least 4 members (excludes halogenated alkanes) is 11. The molecule has 0 aromatic carbocycles. The van der Waals surface area contributed by atoms with Gasteiger partial charge in [0.2, 0.25) is 0 Å². The van der Waals surface area contributed by atoms with Crippen LogP contribution in [0.5, 0.6) is 0 Å². The van der Waals surface area contributed by atoms with Crippen molar-refractivity contribution < 1.29 is 31.6 Å². The normalized spacial score (nSPS) is 10.7. The van der Waals surface area contributed by atoms with Crippen molar-refractivity contribution in [2.24, 2.45) is 0 Å². The Labute approximate surface area is 146 Å². The first-order chi connectivity index (χ1) is 9.77. The van der Waals surface area contributed by atoms with E-state index >= 15 is 0 Å². The Morgan fingerprint density at radius 3 is 1.67 bits per heavy atom. The number of carboxylic acids is 1. The summed E-state index contributed by atoms with van der Waals surface area (Å²) >= 11 is 0. The maximum atomic E-state index is 10.3. The molecule has 0 amide bonds. The van der Waals surface area contributed by atoms with Gasteiger partial charge in [0.25, 0.3) is 0 Å². The molecular weight excluding hydrogens is 296 g/mol. The van der Waals surface area contributed by atoms with Crippen molar-refractivity contribution in [3.05, 3.63) is 12.2 Å². The first kappa shape index (κ1) is 23.2. The van der Waals surface area contributed by atoms with E-state index in [0.29, 0.717) is 6.42 Å². The molecule has 0 rings (SSSR count). The van der Waals surface area contributed by atoms with Gasteiger partial charge in [-0.25, -0.2) is 0 Å². The summed E-state index contributed by atoms with van der Waals surface area (Å²) in [5.41, 5.74) is 0. The Morgan fingerprint density at radius 2 is 1.19 bits per heavy atom. The van der Waals surface area contributed by atoms with Gasteiger partial charge in [0.1, 0.15) is 0 Å². The van der Waals surface area contributed by atoms with Crippen molar-refractivity contribution in [2.75, 3.05) is 0 Å². The minimum absolute atomic E-state index is 0. The van der Waals surface area contributed by atoms with Crippen LogP contribution in [-0.2, 0) is 26.5 Å². The van der Waals surface area contributed by atoms with Gasteiger partial charge < -0.3 is 5.11 Å². The fraction of sp³-hybridized carbons (Fsp3) is 0.833. The summed E-state index contributed by atoms with van der Waals surface area (Å²) in [6.07, 6.45) is 21.2. The van der Waals surface area contributed by atoms with Crippen LogP contribution in [0.2, 0.25) is 0 Å². The van der Waals surface area contributed by atoms with Crippen LogP contribution in [0.25, 0.3) is 0 Å². The summed E-state index contributed by atoms with van der Waals surface area (Å²) in [5.74, 6) is -0.664. The zero-order valence-corrected chi connectivity index (χ0v) is 15.5. The van der Waals surface area contributed by atoms with Crippen LogP contribution in [0.3, 0.4) is 0 Å². The van der Waals surface area contributed by atoms with Gasteiger partial charge in [0, 0.05) is 28.1 Å². The van der Waals surface area contributed by atoms with Crippen molar-refractivity contribution in [2.45, 2.75) is 96.8 Å². The molecule has 1 N–H and O–H groups in total. The van der Waals surface area contributed by atoms with E-state index in [4.69, 9.17) is 5.11 Å². The number of hydrogen-bond acceptors (Lipinski definition) is 1. The standard InChI is InChI=1S/C18H34O2.Ti/c1-2-3-4-5-6-7-8-9-10-11-12-13-14-15-16-17-18(19)20;/h9-10H,2-8,11-17H2,1H3,(H,19,20);. The summed E-state index contributed by atoms with van der Waals surface area (Å²) in [6, 6.07) is 0. The fourth-order valence-corrected chi connectivity index (χ4v) is 2.35. The Balaban J connectivity index is 0. The SMILES string of the molecule is CCCCCCCCC=CCCCCCCCC(=O)O.[Ti]. The third-order valence-corrected chi connectivity index (χ3v) is 3.65. The Kier molecular flexibility index (Phi) is 22.0. The van der Waals surface area contributed by atoms with Crippen molar-refractivity contribution in [1.82, 2.24) is 0 Å². The predicted molar refractivity (Wildman–Crippen MR) is 87.1 cm³/mol. The molecule has 0 aliphatic heterocycles. The Hall–Kier alpha value is -0.0757. The second-order valence-electron chi connectivity index (χ2n) is 5.73. The van der Waals surface area contributed by atoms with E-state index in [0.717, 1.165) is 12.8 Å². The average molecular weight is 330 g/mol. The van der Waals surface area contributed by atoms with E-state index in [-0.39, 0.29) is 21.7 Å². The molecule has 0 spiro atoms. The second-order valence-corrected chi connectivity index (χ2v) is 5.73. The molecule has 0 saturated heterocycles. The second kappa shape index (κ2) is 19.9. The van der Waals surface area contributed by atoms with Crippen molar-refractivity contribution >= 4 is 5.97 Å². The number of rotatable bonds is 15. The van der Waals surface area contributed by atoms with Crippen LogP contribution in [-0.4, -0.2) is 11.1 Å². The molecule has 21 heavy (non-hydrogen) atoms. The number of carbonyl (C=O) groups is 1. The van der Waals surface area contributed by atoms with E-state index in [2.05, 4.69) is 19.1 Å². The van der Waals surface area contributed by atoms with Gasteiger partial charge in [0.05, 0.1) is 0 Å². The quantitative estimate of drug-likeness (QED) is 0.223. The molecule has 3 heteroatoms. The van der Waals surface area contributed by atoms with Gasteiger partial charge in [-0.3, -0.25) is 4.79 Å². The van der Waals surface area contributed by atoms with E-state index in [1.807, 2.05) is 0 Å². The van der Waals surface area contributed by atoms with Crippen molar-refractivity contribution in [3.63, 3.8) is 0 Å². The minimum Gasteiger partial charge on any atom is -0.481 e. The smallest absolute Gasteiger partial charge is 0.303 e. The van der Waals surface area contributed by atoms with Crippen LogP contribution < -0.4 is 0 Å². The summed E-state index contributed by atoms with van der Waals surface area (Å²) < 4.78 is 0. The molecule has 0 bridgehead atoms. The van der Waals surface area contributed by atoms with Crippen LogP contribution >= 0.6 is 0 Å². The zero-order valence-electron chi connectivity index (χ0n) is 13.9. The molecule has 0 saturated carbocycles. The summed E-state index contributed by atoms with van der Waals surface area (Å²) in [6.45, 7) is 2.26. The van der Waals surface area contributed by atoms with E-state index in [1.54, 1.807) is 0 Å². The maximum Gasteiger partial charge on any atom is 0.303 e. The topological polar surface area (TPSA) is 37.3 Å². The molecule has 0 unspecified atom stereocenters. The Bertz CT molecular complexity index is 239. The van der Waals surface area contributed by atoms with Gasteiger partial charge in [-0.2, -0.15) is 0 Å². The molecule has 0 aliphatic rings. The average Bonchev–Trinajstić information content (AvgIpc) is 2.43. The van der Waals surface area contributed by atoms with Gasteiger partial charge in [-0.05, 0) is 32.1 Å². The minimum atomic E-state index is -0.664. The molecule has 0 radical (unpaired) electrons. The summed E-state index contributed by atoms with van der Waals surface area (Å²) in [5, 5.41) is 8.51. The van der Waals surface area contributed by atoms with Gasteiger partial charge >= 0.3 is 5.97 Å². The molecule has 2 nitrogen and oxygen atoms in total. The zero-order chi connectivity index (χ0) is 14.9. The third kappa shape index (κ3) is 22.3. The van der Waals surface area contributed by atoms with Crippen molar-refractivity contribution in [3.8, 4) is 0 Å². The molecule has 0 aromatic rings. The molecule has 0 aromatic heterocycles. The number of allylic oxidation sites excluding steroid dienone is 2. The molecule has 122 valence electrons. The first-order valence-electron chi connectivity index (χ1n) is 8.64. The number of aliphatic carboxylic acids is 1. The molecule has 0 heterocycles. The van der Waals surface area contributed by atoms with Gasteiger partial charge in [0.15, 0.2) is 0 Å². The van der Waals surface area contributed by atoms with Crippen molar-refractivity contribution in [1.29, 1.82) is 0 Å². The van der Waals surface area contributed by atoms with E-state index in [1.165, 1.54) is 70.6 Å². The fourth-order valence-electron chi connectivity index (χ4n) is 2.35. The van der Waals surface area contributed by atoms with Crippen LogP contribution in [0.4, 0.5) is 0 Å².